The summed E-state index contributed by atoms with van der Waals surface area (Å²) in [6.45, 7) is 7.02. The molecule has 0 radical (unpaired) electrons. The van der Waals surface area contributed by atoms with Gasteiger partial charge in [0.15, 0.2) is 11.5 Å². The Bertz CT molecular complexity index is 835. The summed E-state index contributed by atoms with van der Waals surface area (Å²) in [6.07, 6.45) is 7.53. The maximum absolute atomic E-state index is 11.7. The third-order valence-electron chi connectivity index (χ3n) is 9.33. The number of rotatable bonds is 4. The number of hydrogen-bond donors (Lipinski definition) is 1. The Hall–Kier alpha value is -1.26. The lowest BCUT2D eigenvalue weighted by atomic mass is 9.42. The van der Waals surface area contributed by atoms with Crippen molar-refractivity contribution in [2.45, 2.75) is 82.0 Å². The van der Waals surface area contributed by atoms with Crippen LogP contribution in [0, 0.1) is 11.3 Å². The molecule has 0 aromatic heterocycles. The van der Waals surface area contributed by atoms with E-state index in [2.05, 4.69) is 30.9 Å². The number of ether oxygens (including phenoxy) is 2. The largest absolute Gasteiger partial charge is 0.493 e. The predicted octanol–water partition coefficient (Wildman–Crippen LogP) is 3.68. The van der Waals surface area contributed by atoms with Crippen molar-refractivity contribution in [1.29, 1.82) is 0 Å². The Labute approximate surface area is 168 Å². The minimum atomic E-state index is -0.749. The normalized spacial score (nSPS) is 43.4. The number of aliphatic hydroxyl groups is 1. The fourth-order valence-corrected chi connectivity index (χ4v) is 7.53. The van der Waals surface area contributed by atoms with E-state index in [9.17, 15) is 5.11 Å². The molecule has 3 aliphatic carbocycles. The maximum Gasteiger partial charge on any atom is 0.165 e. The van der Waals surface area contributed by atoms with E-state index in [1.807, 2.05) is 0 Å². The molecule has 6 rings (SSSR count). The standard InChI is InChI=1S/C24H33NO3/c1-4-23(26)10-9-22(2)18-13-16-7-8-17(27-3)20-19(16)24(22,21(23)28-20)11-12-25(18)14-15-5-6-15/h7-8,15,18,21,26H,4-6,9-14H2,1-3H3. The van der Waals surface area contributed by atoms with Gasteiger partial charge in [-0.25, -0.2) is 0 Å². The summed E-state index contributed by atoms with van der Waals surface area (Å²) < 4.78 is 12.4. The summed E-state index contributed by atoms with van der Waals surface area (Å²) in [5, 5.41) is 11.7. The molecule has 5 atom stereocenters. The van der Waals surface area contributed by atoms with Gasteiger partial charge in [0, 0.05) is 23.6 Å². The summed E-state index contributed by atoms with van der Waals surface area (Å²) in [5.41, 5.74) is 2.13. The second-order valence-corrected chi connectivity index (χ2v) is 10.4. The van der Waals surface area contributed by atoms with Crippen molar-refractivity contribution in [3.63, 3.8) is 0 Å². The average Bonchev–Trinajstić information content (AvgIpc) is 3.43. The monoisotopic (exact) mass is 383 g/mol. The first-order chi connectivity index (χ1) is 13.5. The lowest BCUT2D eigenvalue weighted by Crippen LogP contribution is -2.74. The van der Waals surface area contributed by atoms with Gasteiger partial charge in [0.2, 0.25) is 0 Å². The fraction of sp³-hybridized carbons (Fsp3) is 0.750. The smallest absolute Gasteiger partial charge is 0.165 e. The van der Waals surface area contributed by atoms with Crippen LogP contribution in [0.5, 0.6) is 11.5 Å². The zero-order valence-corrected chi connectivity index (χ0v) is 17.5. The first-order valence-electron chi connectivity index (χ1n) is 11.3. The predicted molar refractivity (Wildman–Crippen MR) is 108 cm³/mol. The fourth-order valence-electron chi connectivity index (χ4n) is 7.53. The molecule has 1 N–H and O–H groups in total. The summed E-state index contributed by atoms with van der Waals surface area (Å²) in [4.78, 5) is 2.81. The molecule has 4 nitrogen and oxygen atoms in total. The molecule has 0 amide bonds. The lowest BCUT2D eigenvalue weighted by Gasteiger charge is -2.67. The molecule has 2 aliphatic heterocycles. The molecule has 4 heteroatoms. The minimum absolute atomic E-state index is 0.0851. The zero-order chi connectivity index (χ0) is 19.3. The van der Waals surface area contributed by atoms with Gasteiger partial charge in [-0.1, -0.05) is 19.9 Å². The van der Waals surface area contributed by atoms with Gasteiger partial charge in [0.25, 0.3) is 0 Å². The number of likely N-dealkylation sites (tertiary alicyclic amines) is 1. The van der Waals surface area contributed by atoms with Crippen LogP contribution >= 0.6 is 0 Å². The molecule has 2 bridgehead atoms. The second-order valence-electron chi connectivity index (χ2n) is 10.4. The quantitative estimate of drug-likeness (QED) is 0.861. The van der Waals surface area contributed by atoms with Crippen LogP contribution in [-0.4, -0.2) is 48.0 Å². The molecule has 1 spiro atoms. The highest BCUT2D eigenvalue weighted by Crippen LogP contribution is 2.70. The molecule has 2 saturated carbocycles. The Morgan fingerprint density at radius 2 is 2.07 bits per heavy atom. The van der Waals surface area contributed by atoms with E-state index in [1.165, 1.54) is 30.5 Å². The van der Waals surface area contributed by atoms with E-state index in [4.69, 9.17) is 9.47 Å². The van der Waals surface area contributed by atoms with Crippen molar-refractivity contribution in [3.8, 4) is 11.5 Å². The van der Waals surface area contributed by atoms with Crippen LogP contribution in [0.2, 0.25) is 0 Å². The Kier molecular flexibility index (Phi) is 3.43. The molecule has 3 fully saturated rings. The van der Waals surface area contributed by atoms with E-state index in [-0.39, 0.29) is 16.9 Å². The molecule has 28 heavy (non-hydrogen) atoms. The van der Waals surface area contributed by atoms with Gasteiger partial charge in [0.1, 0.15) is 11.7 Å². The third kappa shape index (κ3) is 1.90. The summed E-state index contributed by atoms with van der Waals surface area (Å²) in [5.74, 6) is 2.68. The molecular formula is C24H33NO3. The molecule has 2 heterocycles. The second kappa shape index (κ2) is 5.46. The summed E-state index contributed by atoms with van der Waals surface area (Å²) >= 11 is 0. The van der Waals surface area contributed by atoms with Crippen LogP contribution in [0.25, 0.3) is 0 Å². The maximum atomic E-state index is 11.7. The molecular weight excluding hydrogens is 350 g/mol. The highest BCUT2D eigenvalue weighted by molar-refractivity contribution is 5.62. The van der Waals surface area contributed by atoms with Crippen LogP contribution in [-0.2, 0) is 11.8 Å². The molecule has 1 aromatic rings. The van der Waals surface area contributed by atoms with Gasteiger partial charge < -0.3 is 14.6 Å². The molecule has 1 saturated heterocycles. The van der Waals surface area contributed by atoms with E-state index < -0.39 is 5.60 Å². The first-order valence-corrected chi connectivity index (χ1v) is 11.3. The third-order valence-corrected chi connectivity index (χ3v) is 9.33. The highest BCUT2D eigenvalue weighted by atomic mass is 16.5. The van der Waals surface area contributed by atoms with Crippen LogP contribution in [0.1, 0.15) is 63.5 Å². The van der Waals surface area contributed by atoms with Crippen molar-refractivity contribution >= 4 is 0 Å². The van der Waals surface area contributed by atoms with Crippen molar-refractivity contribution < 1.29 is 14.6 Å². The number of methoxy groups -OCH3 is 1. The van der Waals surface area contributed by atoms with Crippen molar-refractivity contribution in [3.05, 3.63) is 23.3 Å². The summed E-state index contributed by atoms with van der Waals surface area (Å²) in [7, 11) is 1.73. The lowest BCUT2D eigenvalue weighted by molar-refractivity contribution is -0.195. The topological polar surface area (TPSA) is 41.9 Å². The van der Waals surface area contributed by atoms with Gasteiger partial charge in [-0.15, -0.1) is 0 Å². The van der Waals surface area contributed by atoms with Gasteiger partial charge in [-0.05, 0) is 74.5 Å². The highest BCUT2D eigenvalue weighted by Gasteiger charge is 2.73. The zero-order valence-electron chi connectivity index (χ0n) is 17.5. The number of benzene rings is 1. The Morgan fingerprint density at radius 1 is 1.25 bits per heavy atom. The van der Waals surface area contributed by atoms with E-state index >= 15 is 0 Å². The van der Waals surface area contributed by atoms with Crippen molar-refractivity contribution in [2.24, 2.45) is 11.3 Å². The molecule has 1 aromatic carbocycles. The van der Waals surface area contributed by atoms with E-state index in [0.29, 0.717) is 6.04 Å². The molecule has 152 valence electrons. The molecule has 5 unspecified atom stereocenters. The number of hydrogen-bond acceptors (Lipinski definition) is 4. The van der Waals surface area contributed by atoms with E-state index in [1.54, 1.807) is 7.11 Å². The first kappa shape index (κ1) is 17.6. The van der Waals surface area contributed by atoms with Crippen molar-refractivity contribution in [1.82, 2.24) is 4.90 Å². The van der Waals surface area contributed by atoms with Crippen molar-refractivity contribution in [2.75, 3.05) is 20.2 Å². The van der Waals surface area contributed by atoms with Crippen LogP contribution in [0.15, 0.2) is 12.1 Å². The Balaban J connectivity index is 1.57. The SMILES string of the molecule is CCC1(O)CCC2(C)C3Cc4ccc(OC)c5c4C2(CCN3CC2CC2)C1O5. The average molecular weight is 384 g/mol. The summed E-state index contributed by atoms with van der Waals surface area (Å²) in [6, 6.07) is 4.91. The van der Waals surface area contributed by atoms with E-state index in [0.717, 1.165) is 56.1 Å². The minimum Gasteiger partial charge on any atom is -0.493 e. The number of piperidine rings is 1. The Morgan fingerprint density at radius 3 is 2.79 bits per heavy atom. The van der Waals surface area contributed by atoms with Gasteiger partial charge in [-0.2, -0.15) is 0 Å². The van der Waals surface area contributed by atoms with Crippen LogP contribution in [0.4, 0.5) is 0 Å². The molecule has 5 aliphatic rings. The van der Waals surface area contributed by atoms with Gasteiger partial charge in [0.05, 0.1) is 7.11 Å². The van der Waals surface area contributed by atoms with Crippen LogP contribution in [0.3, 0.4) is 0 Å². The number of nitrogens with zero attached hydrogens (tertiary/aromatic N) is 1. The van der Waals surface area contributed by atoms with Gasteiger partial charge in [-0.3, -0.25) is 4.90 Å². The van der Waals surface area contributed by atoms with Crippen LogP contribution < -0.4 is 9.47 Å². The van der Waals surface area contributed by atoms with Gasteiger partial charge >= 0.3 is 0 Å².